The summed E-state index contributed by atoms with van der Waals surface area (Å²) in [7, 11) is 3.19. The van der Waals surface area contributed by atoms with Gasteiger partial charge in [-0.15, -0.1) is 0 Å². The first-order chi connectivity index (χ1) is 9.76. The number of piperazine rings is 1. The molecule has 1 aromatic carbocycles. The summed E-state index contributed by atoms with van der Waals surface area (Å²) in [6.07, 6.45) is 3.36. The van der Waals surface area contributed by atoms with Gasteiger partial charge in [0.05, 0.1) is 14.2 Å². The summed E-state index contributed by atoms with van der Waals surface area (Å²) in [5, 5.41) is 3.22. The quantitative estimate of drug-likeness (QED) is 0.838. The first-order valence-corrected chi connectivity index (χ1v) is 6.65. The van der Waals surface area contributed by atoms with Gasteiger partial charge in [-0.2, -0.15) is 0 Å². The maximum atomic E-state index is 12.1. The van der Waals surface area contributed by atoms with Gasteiger partial charge in [0.1, 0.15) is 0 Å². The van der Waals surface area contributed by atoms with Gasteiger partial charge in [0.2, 0.25) is 5.91 Å². The third kappa shape index (κ3) is 3.30. The number of methoxy groups -OCH3 is 2. The van der Waals surface area contributed by atoms with Crippen molar-refractivity contribution in [3.05, 3.63) is 29.8 Å². The Morgan fingerprint density at radius 3 is 2.65 bits per heavy atom. The number of carbonyl (C=O) groups excluding carboxylic acids is 1. The summed E-state index contributed by atoms with van der Waals surface area (Å²) in [4.78, 5) is 13.9. The predicted molar refractivity (Wildman–Crippen MR) is 78.0 cm³/mol. The molecular formula is C15H20N2O3. The molecule has 0 saturated carbocycles. The average molecular weight is 276 g/mol. The Morgan fingerprint density at radius 1 is 1.25 bits per heavy atom. The molecule has 1 N–H and O–H groups in total. The zero-order valence-corrected chi connectivity index (χ0v) is 11.9. The van der Waals surface area contributed by atoms with Crippen LogP contribution in [0.25, 0.3) is 6.08 Å². The number of benzene rings is 1. The van der Waals surface area contributed by atoms with Gasteiger partial charge >= 0.3 is 0 Å². The number of carbonyl (C=O) groups is 1. The van der Waals surface area contributed by atoms with Crippen LogP contribution in [0.5, 0.6) is 11.5 Å². The van der Waals surface area contributed by atoms with Crippen LogP contribution in [-0.2, 0) is 4.79 Å². The number of amides is 1. The molecule has 1 aliphatic rings. The van der Waals surface area contributed by atoms with Gasteiger partial charge in [0, 0.05) is 37.8 Å². The van der Waals surface area contributed by atoms with Crippen molar-refractivity contribution in [2.45, 2.75) is 0 Å². The van der Waals surface area contributed by atoms with Crippen molar-refractivity contribution in [2.75, 3.05) is 40.4 Å². The first-order valence-electron chi connectivity index (χ1n) is 6.65. The minimum absolute atomic E-state index is 0.0244. The highest BCUT2D eigenvalue weighted by molar-refractivity contribution is 5.92. The highest BCUT2D eigenvalue weighted by atomic mass is 16.5. The van der Waals surface area contributed by atoms with Crippen LogP contribution in [0, 0.1) is 0 Å². The molecule has 108 valence electrons. The normalized spacial score (nSPS) is 15.4. The number of ether oxygens (including phenoxy) is 2. The lowest BCUT2D eigenvalue weighted by atomic mass is 10.1. The second-order valence-corrected chi connectivity index (χ2v) is 4.49. The Labute approximate surface area is 119 Å². The van der Waals surface area contributed by atoms with Crippen LogP contribution in [-0.4, -0.2) is 51.2 Å². The minimum Gasteiger partial charge on any atom is -0.493 e. The Morgan fingerprint density at radius 2 is 2.00 bits per heavy atom. The van der Waals surface area contributed by atoms with E-state index in [9.17, 15) is 4.79 Å². The summed E-state index contributed by atoms with van der Waals surface area (Å²) in [5.41, 5.74) is 0.829. The summed E-state index contributed by atoms with van der Waals surface area (Å²) in [5.74, 6) is 1.32. The largest absolute Gasteiger partial charge is 0.493 e. The van der Waals surface area contributed by atoms with Crippen LogP contribution >= 0.6 is 0 Å². The standard InChI is InChI=1S/C15H20N2O3/c1-19-13-5-3-4-12(15(13)20-2)6-7-14(18)17-10-8-16-9-11-17/h3-7,16H,8-11H2,1-2H3. The number of hydrogen-bond acceptors (Lipinski definition) is 4. The van der Waals surface area contributed by atoms with Crippen molar-refractivity contribution in [3.8, 4) is 11.5 Å². The Bertz CT molecular complexity index is 494. The van der Waals surface area contributed by atoms with Crippen LogP contribution in [0.2, 0.25) is 0 Å². The van der Waals surface area contributed by atoms with Crippen LogP contribution in [0.3, 0.4) is 0 Å². The van der Waals surface area contributed by atoms with Crippen LogP contribution < -0.4 is 14.8 Å². The first kappa shape index (κ1) is 14.4. The smallest absolute Gasteiger partial charge is 0.246 e. The Hall–Kier alpha value is -2.01. The Balaban J connectivity index is 2.12. The molecule has 0 atom stereocenters. The second kappa shape index (κ2) is 6.96. The van der Waals surface area contributed by atoms with E-state index in [1.807, 2.05) is 23.1 Å². The molecule has 1 saturated heterocycles. The number of para-hydroxylation sites is 1. The van der Waals surface area contributed by atoms with E-state index in [1.54, 1.807) is 26.4 Å². The number of nitrogens with one attached hydrogen (secondary N) is 1. The van der Waals surface area contributed by atoms with E-state index in [0.29, 0.717) is 11.5 Å². The lowest BCUT2D eigenvalue weighted by molar-refractivity contribution is -0.126. The van der Waals surface area contributed by atoms with Crippen LogP contribution in [0.4, 0.5) is 0 Å². The summed E-state index contributed by atoms with van der Waals surface area (Å²) in [6, 6.07) is 5.59. The summed E-state index contributed by atoms with van der Waals surface area (Å²) >= 11 is 0. The van der Waals surface area contributed by atoms with E-state index < -0.39 is 0 Å². The van der Waals surface area contributed by atoms with E-state index in [-0.39, 0.29) is 5.91 Å². The molecule has 0 spiro atoms. The second-order valence-electron chi connectivity index (χ2n) is 4.49. The van der Waals surface area contributed by atoms with Crippen molar-refractivity contribution in [3.63, 3.8) is 0 Å². The zero-order chi connectivity index (χ0) is 14.4. The van der Waals surface area contributed by atoms with Crippen molar-refractivity contribution in [1.29, 1.82) is 0 Å². The monoisotopic (exact) mass is 276 g/mol. The van der Waals surface area contributed by atoms with E-state index in [0.717, 1.165) is 31.7 Å². The minimum atomic E-state index is 0.0244. The molecule has 1 aromatic rings. The van der Waals surface area contributed by atoms with Gasteiger partial charge < -0.3 is 19.7 Å². The molecule has 0 radical (unpaired) electrons. The number of rotatable bonds is 4. The zero-order valence-electron chi connectivity index (χ0n) is 11.9. The lowest BCUT2D eigenvalue weighted by Gasteiger charge is -2.26. The molecule has 1 aliphatic heterocycles. The Kier molecular flexibility index (Phi) is 5.01. The number of nitrogens with zero attached hydrogens (tertiary/aromatic N) is 1. The molecule has 5 heteroatoms. The molecule has 5 nitrogen and oxygen atoms in total. The van der Waals surface area contributed by atoms with E-state index in [1.165, 1.54) is 0 Å². The molecule has 1 fully saturated rings. The molecule has 1 amide bonds. The molecule has 0 bridgehead atoms. The summed E-state index contributed by atoms with van der Waals surface area (Å²) in [6.45, 7) is 3.20. The van der Waals surface area contributed by atoms with Crippen molar-refractivity contribution in [1.82, 2.24) is 10.2 Å². The third-order valence-electron chi connectivity index (χ3n) is 3.27. The fourth-order valence-electron chi connectivity index (χ4n) is 2.19. The average Bonchev–Trinajstić information content (AvgIpc) is 2.52. The summed E-state index contributed by atoms with van der Waals surface area (Å²) < 4.78 is 10.6. The predicted octanol–water partition coefficient (Wildman–Crippen LogP) is 1.15. The van der Waals surface area contributed by atoms with E-state index in [4.69, 9.17) is 9.47 Å². The third-order valence-corrected chi connectivity index (χ3v) is 3.27. The fraction of sp³-hybridized carbons (Fsp3) is 0.400. The van der Waals surface area contributed by atoms with Crippen LogP contribution in [0.15, 0.2) is 24.3 Å². The maximum absolute atomic E-state index is 12.1. The van der Waals surface area contributed by atoms with Crippen molar-refractivity contribution < 1.29 is 14.3 Å². The molecule has 0 aliphatic carbocycles. The molecule has 20 heavy (non-hydrogen) atoms. The van der Waals surface area contributed by atoms with Crippen molar-refractivity contribution >= 4 is 12.0 Å². The highest BCUT2D eigenvalue weighted by Gasteiger charge is 2.14. The highest BCUT2D eigenvalue weighted by Crippen LogP contribution is 2.31. The lowest BCUT2D eigenvalue weighted by Crippen LogP contribution is -2.45. The van der Waals surface area contributed by atoms with Gasteiger partial charge in [-0.05, 0) is 12.1 Å². The molecule has 1 heterocycles. The molecule has 0 unspecified atom stereocenters. The maximum Gasteiger partial charge on any atom is 0.246 e. The van der Waals surface area contributed by atoms with Gasteiger partial charge in [-0.1, -0.05) is 12.1 Å². The van der Waals surface area contributed by atoms with Gasteiger partial charge in [0.15, 0.2) is 11.5 Å². The van der Waals surface area contributed by atoms with Crippen molar-refractivity contribution in [2.24, 2.45) is 0 Å². The fourth-order valence-corrected chi connectivity index (χ4v) is 2.19. The molecule has 0 aromatic heterocycles. The molecular weight excluding hydrogens is 256 g/mol. The number of hydrogen-bond donors (Lipinski definition) is 1. The van der Waals surface area contributed by atoms with Gasteiger partial charge in [0.25, 0.3) is 0 Å². The van der Waals surface area contributed by atoms with Crippen LogP contribution in [0.1, 0.15) is 5.56 Å². The SMILES string of the molecule is COc1cccc(C=CC(=O)N2CCNCC2)c1OC. The van der Waals surface area contributed by atoms with Gasteiger partial charge in [-0.25, -0.2) is 0 Å². The van der Waals surface area contributed by atoms with E-state index in [2.05, 4.69) is 5.32 Å². The van der Waals surface area contributed by atoms with E-state index >= 15 is 0 Å². The topological polar surface area (TPSA) is 50.8 Å². The van der Waals surface area contributed by atoms with Gasteiger partial charge in [-0.3, -0.25) is 4.79 Å². The molecule has 2 rings (SSSR count).